The van der Waals surface area contributed by atoms with Crippen LogP contribution >= 0.6 is 0 Å². The molecule has 4 rings (SSSR count). The summed E-state index contributed by atoms with van der Waals surface area (Å²) in [5.74, 6) is -0.128. The number of anilines is 1. The van der Waals surface area contributed by atoms with Crippen LogP contribution in [0.15, 0.2) is 59.8 Å². The Bertz CT molecular complexity index is 1120. The molecule has 7 heteroatoms. The van der Waals surface area contributed by atoms with Gasteiger partial charge in [-0.3, -0.25) is 14.6 Å². The summed E-state index contributed by atoms with van der Waals surface area (Å²) in [4.78, 5) is 28.6. The molecule has 3 aromatic rings. The van der Waals surface area contributed by atoms with Crippen molar-refractivity contribution in [3.63, 3.8) is 0 Å². The number of rotatable bonds is 3. The molecule has 1 aliphatic rings. The molecule has 1 aliphatic heterocycles. The third-order valence-corrected chi connectivity index (χ3v) is 4.41. The van der Waals surface area contributed by atoms with Gasteiger partial charge < -0.3 is 10.1 Å². The fraction of sp³-hybridized carbons (Fsp3) is 0.143. The Labute approximate surface area is 161 Å². The molecular formula is C21H18N4O3. The topological polar surface area (TPSA) is 92.7 Å². The van der Waals surface area contributed by atoms with Crippen molar-refractivity contribution >= 4 is 34.6 Å². The van der Waals surface area contributed by atoms with Crippen LogP contribution in [0, 0.1) is 0 Å². The highest BCUT2D eigenvalue weighted by molar-refractivity contribution is 6.02. The first kappa shape index (κ1) is 17.7. The molecule has 0 saturated heterocycles. The number of amides is 2. The maximum absolute atomic E-state index is 12.4. The summed E-state index contributed by atoms with van der Waals surface area (Å²) in [6.07, 6.45) is 3.31. The zero-order chi connectivity index (χ0) is 19.7. The van der Waals surface area contributed by atoms with Crippen LogP contribution in [-0.4, -0.2) is 28.6 Å². The van der Waals surface area contributed by atoms with Gasteiger partial charge in [-0.15, -0.1) is 0 Å². The van der Waals surface area contributed by atoms with Gasteiger partial charge in [0.05, 0.1) is 17.4 Å². The molecule has 0 radical (unpaired) electrons. The zero-order valence-corrected chi connectivity index (χ0v) is 15.4. The molecule has 0 bridgehead atoms. The smallest absolute Gasteiger partial charge is 0.271 e. The Balaban J connectivity index is 1.47. The fourth-order valence-corrected chi connectivity index (χ4v) is 2.86. The molecule has 0 unspecified atom stereocenters. The van der Waals surface area contributed by atoms with Crippen LogP contribution < -0.4 is 15.5 Å². The summed E-state index contributed by atoms with van der Waals surface area (Å²) < 4.78 is 5.66. The largest absolute Gasteiger partial charge is 0.476 e. The number of benzene rings is 2. The number of fused-ring (bicyclic) bond motifs is 2. The van der Waals surface area contributed by atoms with Crippen molar-refractivity contribution in [1.82, 2.24) is 10.4 Å². The first-order valence-corrected chi connectivity index (χ1v) is 8.75. The number of hydrogen-bond donors (Lipinski definition) is 2. The van der Waals surface area contributed by atoms with E-state index in [9.17, 15) is 9.59 Å². The molecule has 0 saturated carbocycles. The minimum Gasteiger partial charge on any atom is -0.476 e. The van der Waals surface area contributed by atoms with Crippen molar-refractivity contribution in [1.29, 1.82) is 0 Å². The van der Waals surface area contributed by atoms with E-state index in [0.29, 0.717) is 17.0 Å². The Hall–Kier alpha value is -3.74. The number of hydrazone groups is 1. The average Bonchev–Trinajstić information content (AvgIpc) is 2.68. The van der Waals surface area contributed by atoms with Gasteiger partial charge in [0.2, 0.25) is 0 Å². The minimum absolute atomic E-state index is 0.263. The second kappa shape index (κ2) is 6.77. The maximum Gasteiger partial charge on any atom is 0.271 e. The number of nitrogens with one attached hydrogen (secondary N) is 2. The van der Waals surface area contributed by atoms with Gasteiger partial charge in [-0.05, 0) is 55.8 Å². The maximum atomic E-state index is 12.4. The van der Waals surface area contributed by atoms with Crippen LogP contribution in [0.1, 0.15) is 29.8 Å². The minimum atomic E-state index is -0.948. The van der Waals surface area contributed by atoms with E-state index < -0.39 is 5.60 Å². The van der Waals surface area contributed by atoms with Crippen molar-refractivity contribution in [2.24, 2.45) is 5.10 Å². The van der Waals surface area contributed by atoms with Gasteiger partial charge in [0, 0.05) is 17.1 Å². The molecular weight excluding hydrogens is 356 g/mol. The molecule has 1 aromatic heterocycles. The number of ether oxygens (including phenoxy) is 1. The van der Waals surface area contributed by atoms with E-state index in [0.717, 1.165) is 16.5 Å². The van der Waals surface area contributed by atoms with Crippen LogP contribution in [0.5, 0.6) is 5.75 Å². The van der Waals surface area contributed by atoms with Gasteiger partial charge in [0.25, 0.3) is 11.8 Å². The number of aromatic nitrogens is 1. The highest BCUT2D eigenvalue weighted by Crippen LogP contribution is 2.34. The Kier molecular flexibility index (Phi) is 4.27. The Morgan fingerprint density at radius 2 is 2.07 bits per heavy atom. The normalized spacial score (nSPS) is 15.0. The van der Waals surface area contributed by atoms with E-state index in [1.165, 1.54) is 0 Å². The van der Waals surface area contributed by atoms with Gasteiger partial charge in [-0.25, -0.2) is 5.43 Å². The highest BCUT2D eigenvalue weighted by Gasteiger charge is 2.35. The summed E-state index contributed by atoms with van der Waals surface area (Å²) in [5, 5.41) is 7.76. The van der Waals surface area contributed by atoms with E-state index in [1.54, 1.807) is 44.5 Å². The van der Waals surface area contributed by atoms with Crippen molar-refractivity contribution in [3.8, 4) is 5.75 Å². The summed E-state index contributed by atoms with van der Waals surface area (Å²) in [6.45, 7) is 3.37. The molecule has 140 valence electrons. The van der Waals surface area contributed by atoms with E-state index in [2.05, 4.69) is 20.8 Å². The van der Waals surface area contributed by atoms with E-state index in [4.69, 9.17) is 4.74 Å². The van der Waals surface area contributed by atoms with Crippen molar-refractivity contribution in [2.75, 3.05) is 5.32 Å². The zero-order valence-electron chi connectivity index (χ0n) is 15.4. The number of carbonyl (C=O) groups excluding carboxylic acids is 2. The average molecular weight is 374 g/mol. The van der Waals surface area contributed by atoms with Gasteiger partial charge in [-0.2, -0.15) is 5.10 Å². The van der Waals surface area contributed by atoms with E-state index in [1.807, 2.05) is 30.3 Å². The lowest BCUT2D eigenvalue weighted by molar-refractivity contribution is -0.129. The number of nitrogens with zero attached hydrogens (tertiary/aromatic N) is 2. The summed E-state index contributed by atoms with van der Waals surface area (Å²) in [7, 11) is 0. The standard InChI is InChI=1S/C21H18N4O3/c1-21(2)20(27)24-17-11-15(6-8-18(17)28-21)19(26)25-23-12-13-5-7-16-14(10-13)4-3-9-22-16/h3-12H,1-2H3,(H,24,27)(H,25,26). The second-order valence-electron chi connectivity index (χ2n) is 6.93. The summed E-state index contributed by atoms with van der Waals surface area (Å²) in [6, 6.07) is 14.4. The number of carbonyl (C=O) groups is 2. The lowest BCUT2D eigenvalue weighted by atomic mass is 10.0. The van der Waals surface area contributed by atoms with Crippen molar-refractivity contribution in [2.45, 2.75) is 19.4 Å². The molecule has 2 heterocycles. The molecule has 7 nitrogen and oxygen atoms in total. The van der Waals surface area contributed by atoms with Crippen LogP contribution in [0.3, 0.4) is 0 Å². The monoisotopic (exact) mass is 374 g/mol. The molecule has 0 fully saturated rings. The highest BCUT2D eigenvalue weighted by atomic mass is 16.5. The number of pyridine rings is 1. The van der Waals surface area contributed by atoms with Crippen molar-refractivity contribution in [3.05, 3.63) is 65.9 Å². The number of hydrogen-bond acceptors (Lipinski definition) is 5. The molecule has 28 heavy (non-hydrogen) atoms. The summed E-state index contributed by atoms with van der Waals surface area (Å²) in [5.41, 5.74) is 4.10. The predicted molar refractivity (Wildman–Crippen MR) is 107 cm³/mol. The third kappa shape index (κ3) is 3.42. The molecule has 0 aliphatic carbocycles. The Morgan fingerprint density at radius 1 is 1.21 bits per heavy atom. The molecule has 2 N–H and O–H groups in total. The SMILES string of the molecule is CC1(C)Oc2ccc(C(=O)NN=Cc3ccc4ncccc4c3)cc2NC1=O. The van der Waals surface area contributed by atoms with Gasteiger partial charge in [0.15, 0.2) is 5.60 Å². The predicted octanol–water partition coefficient (Wildman–Crippen LogP) is 3.11. The van der Waals surface area contributed by atoms with E-state index in [-0.39, 0.29) is 11.8 Å². The fourth-order valence-electron chi connectivity index (χ4n) is 2.86. The third-order valence-electron chi connectivity index (χ3n) is 4.41. The van der Waals surface area contributed by atoms with Crippen LogP contribution in [0.25, 0.3) is 10.9 Å². The lowest BCUT2D eigenvalue weighted by Gasteiger charge is -2.31. The van der Waals surface area contributed by atoms with Crippen LogP contribution in [-0.2, 0) is 4.79 Å². The van der Waals surface area contributed by atoms with Gasteiger partial charge in [-0.1, -0.05) is 12.1 Å². The van der Waals surface area contributed by atoms with Gasteiger partial charge in [0.1, 0.15) is 5.75 Å². The molecule has 0 atom stereocenters. The first-order valence-electron chi connectivity index (χ1n) is 8.75. The molecule has 2 amide bonds. The lowest BCUT2D eigenvalue weighted by Crippen LogP contribution is -2.45. The molecule has 2 aromatic carbocycles. The first-order chi connectivity index (χ1) is 13.4. The quantitative estimate of drug-likeness (QED) is 0.544. The Morgan fingerprint density at radius 3 is 2.93 bits per heavy atom. The van der Waals surface area contributed by atoms with Crippen LogP contribution in [0.2, 0.25) is 0 Å². The second-order valence-corrected chi connectivity index (χ2v) is 6.93. The van der Waals surface area contributed by atoms with Crippen LogP contribution in [0.4, 0.5) is 5.69 Å². The van der Waals surface area contributed by atoms with Gasteiger partial charge >= 0.3 is 0 Å². The van der Waals surface area contributed by atoms with Crippen molar-refractivity contribution < 1.29 is 14.3 Å². The summed E-state index contributed by atoms with van der Waals surface area (Å²) >= 11 is 0. The molecule has 0 spiro atoms. The van der Waals surface area contributed by atoms with E-state index >= 15 is 0 Å².